The molecule has 106 valence electrons. The van der Waals surface area contributed by atoms with E-state index in [0.29, 0.717) is 11.8 Å². The van der Waals surface area contributed by atoms with E-state index < -0.39 is 0 Å². The van der Waals surface area contributed by atoms with Crippen molar-refractivity contribution in [3.8, 4) is 0 Å². The molecule has 1 fully saturated rings. The lowest BCUT2D eigenvalue weighted by Crippen LogP contribution is -2.36. The summed E-state index contributed by atoms with van der Waals surface area (Å²) in [6.45, 7) is 10.4. The third-order valence-corrected chi connectivity index (χ3v) is 4.85. The van der Waals surface area contributed by atoms with Crippen LogP contribution < -0.4 is 0 Å². The van der Waals surface area contributed by atoms with Gasteiger partial charge in [0.1, 0.15) is 6.10 Å². The van der Waals surface area contributed by atoms with Crippen molar-refractivity contribution >= 4 is 5.97 Å². The molecule has 0 N–H and O–H groups in total. The fourth-order valence-corrected chi connectivity index (χ4v) is 3.73. The zero-order valence-corrected chi connectivity index (χ0v) is 12.8. The summed E-state index contributed by atoms with van der Waals surface area (Å²) in [5.41, 5.74) is 4.31. The lowest BCUT2D eigenvalue weighted by molar-refractivity contribution is -0.146. The summed E-state index contributed by atoms with van der Waals surface area (Å²) in [5, 5.41) is 0. The highest BCUT2D eigenvalue weighted by Crippen LogP contribution is 2.46. The van der Waals surface area contributed by atoms with E-state index in [1.54, 1.807) is 5.57 Å². The summed E-state index contributed by atoms with van der Waals surface area (Å²) in [5.74, 6) is 1.75. The smallest absolute Gasteiger partial charge is 0.303 e. The van der Waals surface area contributed by atoms with E-state index in [0.717, 1.165) is 12.3 Å². The van der Waals surface area contributed by atoms with Gasteiger partial charge in [0, 0.05) is 12.8 Å². The van der Waals surface area contributed by atoms with Gasteiger partial charge >= 0.3 is 5.97 Å². The van der Waals surface area contributed by atoms with E-state index in [9.17, 15) is 4.79 Å². The van der Waals surface area contributed by atoms with Gasteiger partial charge in [0.15, 0.2) is 0 Å². The van der Waals surface area contributed by atoms with Crippen molar-refractivity contribution in [1.29, 1.82) is 0 Å². The first-order valence-electron chi connectivity index (χ1n) is 7.42. The Kier molecular flexibility index (Phi) is 4.17. The van der Waals surface area contributed by atoms with Crippen LogP contribution >= 0.6 is 0 Å². The monoisotopic (exact) mass is 262 g/mol. The van der Waals surface area contributed by atoms with E-state index in [1.807, 2.05) is 0 Å². The van der Waals surface area contributed by atoms with E-state index >= 15 is 0 Å². The Labute approximate surface area is 116 Å². The minimum atomic E-state index is -0.165. The van der Waals surface area contributed by atoms with Crippen molar-refractivity contribution in [3.05, 3.63) is 22.8 Å². The number of carbonyl (C=O) groups excluding carboxylic acids is 1. The van der Waals surface area contributed by atoms with E-state index in [4.69, 9.17) is 4.74 Å². The molecule has 0 unspecified atom stereocenters. The molecule has 2 rings (SSSR count). The third kappa shape index (κ3) is 2.93. The number of carbonyl (C=O) groups is 1. The minimum Gasteiger partial charge on any atom is -0.458 e. The number of hydrogen-bond donors (Lipinski definition) is 0. The van der Waals surface area contributed by atoms with Crippen LogP contribution in [0.25, 0.3) is 0 Å². The molecule has 2 aliphatic rings. The maximum atomic E-state index is 11.2. The molecule has 2 nitrogen and oxygen atoms in total. The van der Waals surface area contributed by atoms with Crippen LogP contribution in [-0.4, -0.2) is 12.1 Å². The largest absolute Gasteiger partial charge is 0.458 e. The van der Waals surface area contributed by atoms with Gasteiger partial charge in [0.25, 0.3) is 0 Å². The molecule has 0 saturated heterocycles. The number of ether oxygens (including phenoxy) is 1. The Morgan fingerprint density at radius 2 is 2.00 bits per heavy atom. The molecule has 0 heterocycles. The van der Waals surface area contributed by atoms with Gasteiger partial charge in [0.2, 0.25) is 0 Å². The number of rotatable bonds is 1. The summed E-state index contributed by atoms with van der Waals surface area (Å²) in [6, 6.07) is 0. The highest BCUT2D eigenvalue weighted by atomic mass is 16.5. The van der Waals surface area contributed by atoms with Gasteiger partial charge in [-0.3, -0.25) is 4.79 Å². The molecule has 0 aromatic rings. The van der Waals surface area contributed by atoms with Crippen molar-refractivity contribution in [1.82, 2.24) is 0 Å². The van der Waals surface area contributed by atoms with Crippen molar-refractivity contribution in [2.45, 2.75) is 60.0 Å². The second kappa shape index (κ2) is 5.52. The molecule has 0 aliphatic heterocycles. The van der Waals surface area contributed by atoms with E-state index in [2.05, 4.69) is 33.8 Å². The van der Waals surface area contributed by atoms with Crippen molar-refractivity contribution < 1.29 is 9.53 Å². The zero-order chi connectivity index (χ0) is 14.2. The van der Waals surface area contributed by atoms with Gasteiger partial charge in [-0.05, 0) is 57.4 Å². The summed E-state index contributed by atoms with van der Waals surface area (Å²) in [7, 11) is 0. The van der Waals surface area contributed by atoms with Crippen LogP contribution in [0.5, 0.6) is 0 Å². The topological polar surface area (TPSA) is 26.3 Å². The molecule has 2 heteroatoms. The molecule has 0 spiro atoms. The molecule has 0 radical (unpaired) electrons. The average molecular weight is 262 g/mol. The molecule has 0 aromatic carbocycles. The average Bonchev–Trinajstić information content (AvgIpc) is 2.30. The Bertz CT molecular complexity index is 427. The number of esters is 1. The normalized spacial score (nSPS) is 34.4. The first kappa shape index (κ1) is 14.4. The summed E-state index contributed by atoms with van der Waals surface area (Å²) in [4.78, 5) is 11.2. The van der Waals surface area contributed by atoms with Crippen molar-refractivity contribution in [2.75, 3.05) is 0 Å². The molecule has 2 aliphatic carbocycles. The van der Waals surface area contributed by atoms with Gasteiger partial charge in [-0.15, -0.1) is 0 Å². The second-order valence-corrected chi connectivity index (χ2v) is 6.48. The number of allylic oxidation sites excluding steroid dienone is 3. The quantitative estimate of drug-likeness (QED) is 0.521. The summed E-state index contributed by atoms with van der Waals surface area (Å²) < 4.78 is 5.47. The van der Waals surface area contributed by atoms with Crippen molar-refractivity contribution in [2.24, 2.45) is 17.8 Å². The van der Waals surface area contributed by atoms with Gasteiger partial charge in [-0.1, -0.05) is 24.1 Å². The van der Waals surface area contributed by atoms with E-state index in [-0.39, 0.29) is 12.1 Å². The highest BCUT2D eigenvalue weighted by molar-refractivity contribution is 5.66. The predicted octanol–water partition coefficient (Wildman–Crippen LogP) is 4.27. The van der Waals surface area contributed by atoms with Crippen LogP contribution in [-0.2, 0) is 9.53 Å². The molecule has 0 aromatic heterocycles. The van der Waals surface area contributed by atoms with Crippen molar-refractivity contribution in [3.63, 3.8) is 0 Å². The first-order chi connectivity index (χ1) is 8.90. The van der Waals surface area contributed by atoms with E-state index in [1.165, 1.54) is 30.9 Å². The Balaban J connectivity index is 2.30. The van der Waals surface area contributed by atoms with Crippen LogP contribution in [0, 0.1) is 17.8 Å². The van der Waals surface area contributed by atoms with Crippen LogP contribution in [0.15, 0.2) is 22.8 Å². The van der Waals surface area contributed by atoms with Crippen LogP contribution in [0.2, 0.25) is 0 Å². The predicted molar refractivity (Wildman–Crippen MR) is 77.7 cm³/mol. The summed E-state index contributed by atoms with van der Waals surface area (Å²) >= 11 is 0. The Morgan fingerprint density at radius 3 is 2.58 bits per heavy atom. The SMILES string of the molecule is CC(=O)O[C@@H]1C[C@@H]2[C@H](C=C1C)C(=C(C)C)CC[C@@H]2C. The highest BCUT2D eigenvalue weighted by Gasteiger charge is 2.38. The van der Waals surface area contributed by atoms with Gasteiger partial charge in [-0.2, -0.15) is 0 Å². The molecular formula is C17H26O2. The molecular weight excluding hydrogens is 236 g/mol. The fraction of sp³-hybridized carbons (Fsp3) is 0.706. The number of hydrogen-bond acceptors (Lipinski definition) is 2. The minimum absolute atomic E-state index is 0.00212. The second-order valence-electron chi connectivity index (χ2n) is 6.48. The van der Waals surface area contributed by atoms with Crippen LogP contribution in [0.4, 0.5) is 0 Å². The lowest BCUT2D eigenvalue weighted by atomic mass is 9.64. The molecule has 4 atom stereocenters. The molecule has 1 saturated carbocycles. The fourth-order valence-electron chi connectivity index (χ4n) is 3.73. The molecule has 0 bridgehead atoms. The van der Waals surface area contributed by atoms with Gasteiger partial charge in [-0.25, -0.2) is 0 Å². The maximum absolute atomic E-state index is 11.2. The molecule has 19 heavy (non-hydrogen) atoms. The van der Waals surface area contributed by atoms with Gasteiger partial charge in [0.05, 0.1) is 0 Å². The third-order valence-electron chi connectivity index (χ3n) is 4.85. The Morgan fingerprint density at radius 1 is 1.32 bits per heavy atom. The van der Waals surface area contributed by atoms with Crippen LogP contribution in [0.1, 0.15) is 53.9 Å². The maximum Gasteiger partial charge on any atom is 0.303 e. The zero-order valence-electron chi connectivity index (χ0n) is 12.8. The number of fused-ring (bicyclic) bond motifs is 1. The summed E-state index contributed by atoms with van der Waals surface area (Å²) in [6.07, 6.45) is 5.84. The first-order valence-corrected chi connectivity index (χ1v) is 7.42. The lowest BCUT2D eigenvalue weighted by Gasteiger charge is -2.43. The van der Waals surface area contributed by atoms with Crippen LogP contribution in [0.3, 0.4) is 0 Å². The standard InChI is InChI=1S/C17H26O2/c1-10(2)14-7-6-11(3)15-9-17(19-13(5)18)12(4)8-16(14)15/h8,11,15-17H,6-7,9H2,1-5H3/t11-,15-,16+,17+/m0/s1. The Hall–Kier alpha value is -1.05. The molecule has 0 amide bonds. The van der Waals surface area contributed by atoms with Gasteiger partial charge < -0.3 is 4.74 Å².